The maximum atomic E-state index is 5.46. The standard InChI is InChI=1S/C13H22N2OS/c1-10(7-12-9-16-6-5-14-12)15-8-13-4-3-11(2)17-13/h3-4,10,12,14-15H,5-9H2,1-2H3. The molecule has 1 aromatic heterocycles. The van der Waals surface area contributed by atoms with Crippen LogP contribution in [-0.2, 0) is 11.3 Å². The van der Waals surface area contributed by atoms with Crippen LogP contribution >= 0.6 is 11.3 Å². The highest BCUT2D eigenvalue weighted by molar-refractivity contribution is 7.11. The lowest BCUT2D eigenvalue weighted by atomic mass is 10.1. The van der Waals surface area contributed by atoms with E-state index in [-0.39, 0.29) is 0 Å². The second-order valence-corrected chi connectivity index (χ2v) is 6.13. The summed E-state index contributed by atoms with van der Waals surface area (Å²) in [7, 11) is 0. The van der Waals surface area contributed by atoms with Crippen molar-refractivity contribution in [3.8, 4) is 0 Å². The molecule has 0 bridgehead atoms. The second-order valence-electron chi connectivity index (χ2n) is 4.76. The number of thiophene rings is 1. The average Bonchev–Trinajstić information content (AvgIpc) is 2.74. The smallest absolute Gasteiger partial charge is 0.0620 e. The van der Waals surface area contributed by atoms with E-state index in [1.807, 2.05) is 11.3 Å². The molecule has 2 rings (SSSR count). The van der Waals surface area contributed by atoms with Crippen LogP contribution in [0.25, 0.3) is 0 Å². The summed E-state index contributed by atoms with van der Waals surface area (Å²) in [5.41, 5.74) is 0. The summed E-state index contributed by atoms with van der Waals surface area (Å²) in [6.45, 7) is 8.07. The van der Waals surface area contributed by atoms with Crippen molar-refractivity contribution in [3.05, 3.63) is 21.9 Å². The molecule has 4 heteroatoms. The van der Waals surface area contributed by atoms with E-state index in [9.17, 15) is 0 Å². The highest BCUT2D eigenvalue weighted by atomic mass is 32.1. The first kappa shape index (κ1) is 13.0. The lowest BCUT2D eigenvalue weighted by Crippen LogP contribution is -2.44. The van der Waals surface area contributed by atoms with Gasteiger partial charge in [0.25, 0.3) is 0 Å². The summed E-state index contributed by atoms with van der Waals surface area (Å²) in [5, 5.41) is 7.06. The number of hydrogen-bond donors (Lipinski definition) is 2. The number of aryl methyl sites for hydroxylation is 1. The fourth-order valence-electron chi connectivity index (χ4n) is 2.14. The Hall–Kier alpha value is -0.420. The van der Waals surface area contributed by atoms with E-state index in [2.05, 4.69) is 36.6 Å². The first-order valence-corrected chi connectivity index (χ1v) is 7.15. The highest BCUT2D eigenvalue weighted by Gasteiger charge is 2.15. The van der Waals surface area contributed by atoms with Crippen molar-refractivity contribution in [3.63, 3.8) is 0 Å². The third-order valence-electron chi connectivity index (χ3n) is 3.06. The highest BCUT2D eigenvalue weighted by Crippen LogP contribution is 2.15. The van der Waals surface area contributed by atoms with Crippen LogP contribution in [0.5, 0.6) is 0 Å². The van der Waals surface area contributed by atoms with Gasteiger partial charge in [-0.1, -0.05) is 0 Å². The van der Waals surface area contributed by atoms with E-state index in [1.165, 1.54) is 9.75 Å². The Bertz CT molecular complexity index is 334. The Balaban J connectivity index is 1.68. The van der Waals surface area contributed by atoms with E-state index < -0.39 is 0 Å². The summed E-state index contributed by atoms with van der Waals surface area (Å²) in [5.74, 6) is 0. The largest absolute Gasteiger partial charge is 0.379 e. The Morgan fingerprint density at radius 1 is 1.59 bits per heavy atom. The molecule has 3 nitrogen and oxygen atoms in total. The summed E-state index contributed by atoms with van der Waals surface area (Å²) in [6, 6.07) is 5.43. The third-order valence-corrected chi connectivity index (χ3v) is 4.06. The van der Waals surface area contributed by atoms with Crippen LogP contribution in [0.4, 0.5) is 0 Å². The van der Waals surface area contributed by atoms with Gasteiger partial charge in [-0.15, -0.1) is 11.3 Å². The maximum Gasteiger partial charge on any atom is 0.0620 e. The quantitative estimate of drug-likeness (QED) is 0.842. The van der Waals surface area contributed by atoms with Crippen molar-refractivity contribution in [1.29, 1.82) is 0 Å². The zero-order valence-corrected chi connectivity index (χ0v) is 11.5. The van der Waals surface area contributed by atoms with Crippen LogP contribution in [0, 0.1) is 6.92 Å². The molecular formula is C13H22N2OS. The van der Waals surface area contributed by atoms with Crippen LogP contribution in [0.1, 0.15) is 23.1 Å². The minimum atomic E-state index is 0.510. The first-order chi connectivity index (χ1) is 8.24. The lowest BCUT2D eigenvalue weighted by molar-refractivity contribution is 0.0712. The molecule has 1 aliphatic heterocycles. The number of nitrogens with one attached hydrogen (secondary N) is 2. The molecule has 0 radical (unpaired) electrons. The first-order valence-electron chi connectivity index (χ1n) is 6.34. The molecule has 2 atom stereocenters. The monoisotopic (exact) mass is 254 g/mol. The molecule has 0 spiro atoms. The SMILES string of the molecule is Cc1ccc(CNC(C)CC2COCCN2)s1. The minimum absolute atomic E-state index is 0.510. The van der Waals surface area contributed by atoms with Gasteiger partial charge in [-0.05, 0) is 32.4 Å². The molecule has 2 unspecified atom stereocenters. The number of hydrogen-bond acceptors (Lipinski definition) is 4. The molecule has 2 heterocycles. The van der Waals surface area contributed by atoms with Crippen molar-refractivity contribution in [2.45, 2.75) is 38.9 Å². The van der Waals surface area contributed by atoms with E-state index in [1.54, 1.807) is 0 Å². The topological polar surface area (TPSA) is 33.3 Å². The predicted octanol–water partition coefficient (Wildman–Crippen LogP) is 1.91. The van der Waals surface area contributed by atoms with Crippen LogP contribution in [0.15, 0.2) is 12.1 Å². The lowest BCUT2D eigenvalue weighted by Gasteiger charge is -2.26. The fraction of sp³-hybridized carbons (Fsp3) is 0.692. The fourth-order valence-corrected chi connectivity index (χ4v) is 2.98. The summed E-state index contributed by atoms with van der Waals surface area (Å²) >= 11 is 1.87. The number of morpholine rings is 1. The van der Waals surface area contributed by atoms with E-state index >= 15 is 0 Å². The van der Waals surface area contributed by atoms with Gasteiger partial charge in [-0.2, -0.15) is 0 Å². The Morgan fingerprint density at radius 3 is 3.12 bits per heavy atom. The van der Waals surface area contributed by atoms with Crippen molar-refractivity contribution < 1.29 is 4.74 Å². The molecule has 17 heavy (non-hydrogen) atoms. The molecule has 0 aromatic carbocycles. The zero-order valence-electron chi connectivity index (χ0n) is 10.7. The normalized spacial score (nSPS) is 22.6. The van der Waals surface area contributed by atoms with Gasteiger partial charge in [-0.3, -0.25) is 0 Å². The second kappa shape index (κ2) is 6.50. The molecule has 1 saturated heterocycles. The van der Waals surface area contributed by atoms with Gasteiger partial charge >= 0.3 is 0 Å². The van der Waals surface area contributed by atoms with Gasteiger partial charge < -0.3 is 15.4 Å². The van der Waals surface area contributed by atoms with Gasteiger partial charge in [0.2, 0.25) is 0 Å². The van der Waals surface area contributed by atoms with Gasteiger partial charge in [0.05, 0.1) is 13.2 Å². The predicted molar refractivity (Wildman–Crippen MR) is 72.6 cm³/mol. The molecule has 0 amide bonds. The van der Waals surface area contributed by atoms with E-state index in [0.29, 0.717) is 12.1 Å². The summed E-state index contributed by atoms with van der Waals surface area (Å²) < 4.78 is 5.46. The molecular weight excluding hydrogens is 232 g/mol. The zero-order chi connectivity index (χ0) is 12.1. The molecule has 2 N–H and O–H groups in total. The minimum Gasteiger partial charge on any atom is -0.379 e. The number of rotatable bonds is 5. The van der Waals surface area contributed by atoms with Crippen molar-refractivity contribution in [2.24, 2.45) is 0 Å². The molecule has 0 saturated carbocycles. The average molecular weight is 254 g/mol. The van der Waals surface area contributed by atoms with Gasteiger partial charge in [0, 0.05) is 34.9 Å². The molecule has 1 aliphatic rings. The Morgan fingerprint density at radius 2 is 2.47 bits per heavy atom. The van der Waals surface area contributed by atoms with Crippen molar-refractivity contribution >= 4 is 11.3 Å². The van der Waals surface area contributed by atoms with Gasteiger partial charge in [0.15, 0.2) is 0 Å². The van der Waals surface area contributed by atoms with Crippen molar-refractivity contribution in [1.82, 2.24) is 10.6 Å². The van der Waals surface area contributed by atoms with E-state index in [4.69, 9.17) is 4.74 Å². The molecule has 1 fully saturated rings. The molecule has 0 aliphatic carbocycles. The van der Waals surface area contributed by atoms with Crippen LogP contribution < -0.4 is 10.6 Å². The third kappa shape index (κ3) is 4.39. The van der Waals surface area contributed by atoms with Crippen LogP contribution in [-0.4, -0.2) is 31.8 Å². The van der Waals surface area contributed by atoms with Gasteiger partial charge in [-0.25, -0.2) is 0 Å². The van der Waals surface area contributed by atoms with Gasteiger partial charge in [0.1, 0.15) is 0 Å². The molecule has 96 valence electrons. The summed E-state index contributed by atoms with van der Waals surface area (Å²) in [6.07, 6.45) is 1.13. The maximum absolute atomic E-state index is 5.46. The van der Waals surface area contributed by atoms with E-state index in [0.717, 1.165) is 32.7 Å². The van der Waals surface area contributed by atoms with Crippen LogP contribution in [0.3, 0.4) is 0 Å². The molecule has 1 aromatic rings. The Kier molecular flexibility index (Phi) is 4.98. The number of ether oxygens (including phenoxy) is 1. The van der Waals surface area contributed by atoms with Crippen LogP contribution in [0.2, 0.25) is 0 Å². The Labute approximate surface area is 108 Å². The van der Waals surface area contributed by atoms with Crippen molar-refractivity contribution in [2.75, 3.05) is 19.8 Å². The summed E-state index contributed by atoms with van der Waals surface area (Å²) in [4.78, 5) is 2.80.